The summed E-state index contributed by atoms with van der Waals surface area (Å²) < 4.78 is 14.8. The number of hydrogen-bond acceptors (Lipinski definition) is 2. The second kappa shape index (κ2) is 11.2. The number of aryl methyl sites for hydroxylation is 2. The van der Waals surface area contributed by atoms with Crippen LogP contribution in [0.4, 0.5) is 0 Å². The molecule has 0 saturated carbocycles. The number of hydrogen-bond donors (Lipinski definition) is 0. The van der Waals surface area contributed by atoms with Crippen LogP contribution < -0.4 is 4.74 Å². The van der Waals surface area contributed by atoms with Crippen LogP contribution >= 0.6 is 0 Å². The van der Waals surface area contributed by atoms with Gasteiger partial charge >= 0.3 is 189 Å². The molecule has 0 fully saturated rings. The van der Waals surface area contributed by atoms with Gasteiger partial charge in [-0.25, -0.2) is 4.98 Å². The van der Waals surface area contributed by atoms with Gasteiger partial charge in [-0.15, -0.1) is 0 Å². The summed E-state index contributed by atoms with van der Waals surface area (Å²) in [5, 5.41) is 2.32. The van der Waals surface area contributed by atoms with E-state index in [0.717, 1.165) is 35.1 Å². The quantitative estimate of drug-likeness (QED) is 0.166. The Morgan fingerprint density at radius 1 is 0.771 bits per heavy atom. The van der Waals surface area contributed by atoms with E-state index in [-0.39, 0.29) is 16.9 Å². The van der Waals surface area contributed by atoms with Crippen LogP contribution in [-0.2, 0) is 43.7 Å². The third kappa shape index (κ3) is 5.10. The Hall–Kier alpha value is -4.21. The zero-order chi connectivity index (χ0) is 33.5. The Morgan fingerprint density at radius 2 is 1.48 bits per heavy atom. The minimum absolute atomic E-state index is 0.00245. The van der Waals surface area contributed by atoms with Crippen molar-refractivity contribution in [3.63, 3.8) is 0 Å². The van der Waals surface area contributed by atoms with E-state index in [2.05, 4.69) is 167 Å². The zero-order valence-electron chi connectivity index (χ0n) is 28.6. The van der Waals surface area contributed by atoms with Crippen molar-refractivity contribution in [3.8, 4) is 17.3 Å². The average Bonchev–Trinajstić information content (AvgIpc) is 3.69. The first-order chi connectivity index (χ1) is 22.9. The van der Waals surface area contributed by atoms with Crippen molar-refractivity contribution in [2.24, 2.45) is 7.05 Å². The van der Waals surface area contributed by atoms with Crippen LogP contribution in [0.1, 0.15) is 76.3 Å². The van der Waals surface area contributed by atoms with Gasteiger partial charge in [-0.1, -0.05) is 53.7 Å². The molecule has 0 N–H and O–H groups in total. The van der Waals surface area contributed by atoms with Crippen molar-refractivity contribution in [2.75, 3.05) is 0 Å². The maximum atomic E-state index is 6.60. The number of aromatic nitrogens is 4. The van der Waals surface area contributed by atoms with Crippen LogP contribution in [0.2, 0.25) is 0 Å². The Bertz CT molecular complexity index is 2450. The molecule has 3 aromatic heterocycles. The fourth-order valence-corrected chi connectivity index (χ4v) is 8.09. The van der Waals surface area contributed by atoms with Crippen molar-refractivity contribution >= 4 is 32.8 Å². The predicted octanol–water partition coefficient (Wildman–Crippen LogP) is 10.1. The topological polar surface area (TPSA) is 36.9 Å². The van der Waals surface area contributed by atoms with Crippen LogP contribution in [0, 0.1) is 15.9 Å². The molecule has 0 spiro atoms. The van der Waals surface area contributed by atoms with Gasteiger partial charge in [-0.05, 0) is 40.2 Å². The number of rotatable bonds is 4. The molecule has 48 heavy (non-hydrogen) atoms. The Kier molecular flexibility index (Phi) is 7.23. The molecule has 0 aliphatic heterocycles. The maximum absolute atomic E-state index is 6.60. The summed E-state index contributed by atoms with van der Waals surface area (Å²) in [4.78, 5) is 4.88. The monoisotopic (exact) mass is 811 g/mol. The molecular weight excluding hydrogens is 772 g/mol. The van der Waals surface area contributed by atoms with Gasteiger partial charge in [-0.3, -0.25) is 0 Å². The number of pyridine rings is 1. The molecule has 0 radical (unpaired) electrons. The number of para-hydroxylation sites is 2. The van der Waals surface area contributed by atoms with Gasteiger partial charge in [0.15, 0.2) is 0 Å². The van der Waals surface area contributed by atoms with E-state index in [4.69, 9.17) is 9.72 Å². The summed E-state index contributed by atoms with van der Waals surface area (Å²) >= 11 is 2.46. The van der Waals surface area contributed by atoms with Gasteiger partial charge in [0.2, 0.25) is 0 Å². The van der Waals surface area contributed by atoms with Crippen molar-refractivity contribution in [3.05, 3.63) is 123 Å². The summed E-state index contributed by atoms with van der Waals surface area (Å²) in [6.45, 7) is 13.5. The second-order valence-electron chi connectivity index (χ2n) is 15.1. The summed E-state index contributed by atoms with van der Waals surface area (Å²) in [7, 11) is 2.14. The van der Waals surface area contributed by atoms with Gasteiger partial charge in [0.05, 0.1) is 0 Å². The molecule has 5 nitrogen and oxygen atoms in total. The fourth-order valence-electron chi connectivity index (χ4n) is 7.19. The normalized spacial score (nSPS) is 15.1. The molecule has 3 heterocycles. The Labute approximate surface area is 293 Å². The third-order valence-electron chi connectivity index (χ3n) is 9.89. The molecule has 0 saturated heterocycles. The van der Waals surface area contributed by atoms with Crippen LogP contribution in [0.15, 0.2) is 85.1 Å². The van der Waals surface area contributed by atoms with Gasteiger partial charge in [0.25, 0.3) is 0 Å². The molecule has 8 rings (SSSR count). The molecular formula is C42H40N4OPt-2. The number of fused-ring (bicyclic) bond motifs is 5. The van der Waals surface area contributed by atoms with Crippen LogP contribution in [-0.4, -0.2) is 18.7 Å². The van der Waals surface area contributed by atoms with E-state index < -0.39 is 0 Å². The molecule has 6 heteroatoms. The van der Waals surface area contributed by atoms with E-state index in [0.29, 0.717) is 11.5 Å². The number of ether oxygens (including phenoxy) is 1. The van der Waals surface area contributed by atoms with E-state index in [1.54, 1.807) is 0 Å². The van der Waals surface area contributed by atoms with Gasteiger partial charge in [0, 0.05) is 6.20 Å². The van der Waals surface area contributed by atoms with Gasteiger partial charge < -0.3 is 0 Å². The van der Waals surface area contributed by atoms with Crippen LogP contribution in [0.3, 0.4) is 0 Å². The first-order valence-corrected chi connectivity index (χ1v) is 17.8. The second-order valence-corrected chi connectivity index (χ2v) is 16.1. The first-order valence-electron chi connectivity index (χ1n) is 16.7. The molecule has 1 unspecified atom stereocenters. The molecule has 246 valence electrons. The Balaban J connectivity index is 1.24. The van der Waals surface area contributed by atoms with E-state index >= 15 is 0 Å². The van der Waals surface area contributed by atoms with Crippen molar-refractivity contribution in [1.82, 2.24) is 18.7 Å². The summed E-state index contributed by atoms with van der Waals surface area (Å²) in [5.74, 6) is 2.25. The van der Waals surface area contributed by atoms with Crippen molar-refractivity contribution in [1.29, 1.82) is 0 Å². The summed E-state index contributed by atoms with van der Waals surface area (Å²) in [5.41, 5.74) is 9.65. The molecule has 4 aromatic carbocycles. The van der Waals surface area contributed by atoms with Crippen molar-refractivity contribution < 1.29 is 24.1 Å². The number of imidazole rings is 1. The van der Waals surface area contributed by atoms with Gasteiger partial charge in [-0.2, -0.15) is 0 Å². The fraction of sp³-hybridized carbons (Fsp3) is 0.286. The molecule has 1 atom stereocenters. The Morgan fingerprint density at radius 3 is 2.25 bits per heavy atom. The first kappa shape index (κ1) is 31.1. The van der Waals surface area contributed by atoms with Crippen molar-refractivity contribution in [2.45, 2.75) is 71.3 Å². The van der Waals surface area contributed by atoms with Crippen LogP contribution in [0.5, 0.6) is 11.5 Å². The molecule has 0 bridgehead atoms. The average molecular weight is 812 g/mol. The molecule has 1 aliphatic carbocycles. The van der Waals surface area contributed by atoms with Gasteiger partial charge in [0.1, 0.15) is 0 Å². The SMILES string of the molecule is Cn1[c](=[Pt])n(C2CCc3ccc(Oc4[c-]c5c(cc4)c4cc(C(C)(C)C)ccc4n5-c4cc(C(C)(C)C)ccn4)[c-]c32)c2ccccc21. The van der Waals surface area contributed by atoms with Crippen LogP contribution in [0.25, 0.3) is 38.7 Å². The zero-order valence-corrected chi connectivity index (χ0v) is 30.9. The minimum atomic E-state index is -0.00245. The molecule has 1 aliphatic rings. The third-order valence-corrected chi connectivity index (χ3v) is 11.2. The van der Waals surface area contributed by atoms with E-state index in [9.17, 15) is 0 Å². The summed E-state index contributed by atoms with van der Waals surface area (Å²) in [6.07, 6.45) is 3.99. The summed E-state index contributed by atoms with van der Waals surface area (Å²) in [6, 6.07) is 35.8. The van der Waals surface area contributed by atoms with E-state index in [1.807, 2.05) is 12.3 Å². The standard InChI is InChI=1S/C42H40N4O.Pt/c1-41(2,3)28-14-19-36-34(22-28)32-17-16-31(25-39(32)46(36)40-23-29(20-21-43-40)42(4,5)6)47-30-15-12-27-13-18-35(33(27)24-30)45-26-44(7)37-10-8-9-11-38(37)45;/h8-12,14-17,19-23,35H,13,18H2,1-7H3;/q-2;. The molecule has 0 amide bonds. The number of benzene rings is 4. The predicted molar refractivity (Wildman–Crippen MR) is 191 cm³/mol. The van der Waals surface area contributed by atoms with E-state index in [1.165, 1.54) is 42.5 Å². The molecule has 7 aromatic rings. The number of nitrogens with zero attached hydrogens (tertiary/aromatic N) is 4.